The summed E-state index contributed by atoms with van der Waals surface area (Å²) in [5.74, 6) is 0.437. The van der Waals surface area contributed by atoms with Gasteiger partial charge in [0.15, 0.2) is 0 Å². The van der Waals surface area contributed by atoms with Crippen LogP contribution in [-0.2, 0) is 4.74 Å². The van der Waals surface area contributed by atoms with E-state index in [0.717, 1.165) is 19.4 Å². The first-order chi connectivity index (χ1) is 11.3. The number of carbonyl (C=O) groups excluding carboxylic acids is 1. The molecule has 0 bridgehead atoms. The maximum atomic E-state index is 12.8. The fourth-order valence-corrected chi connectivity index (χ4v) is 3.55. The van der Waals surface area contributed by atoms with Crippen LogP contribution in [0.25, 0.3) is 0 Å². The number of hydrogen-bond donors (Lipinski definition) is 1. The van der Waals surface area contributed by atoms with Gasteiger partial charge in [-0.3, -0.25) is 0 Å². The first-order valence-corrected chi connectivity index (χ1v) is 9.08. The van der Waals surface area contributed by atoms with Gasteiger partial charge in [-0.2, -0.15) is 0 Å². The Hall–Kier alpha value is -1.55. The summed E-state index contributed by atoms with van der Waals surface area (Å²) in [6, 6.07) is 10.7. The molecule has 0 unspecified atom stereocenters. The van der Waals surface area contributed by atoms with Crippen LogP contribution in [0.1, 0.15) is 57.9 Å². The van der Waals surface area contributed by atoms with Crippen molar-refractivity contribution < 1.29 is 9.53 Å². The van der Waals surface area contributed by atoms with E-state index in [4.69, 9.17) is 10.5 Å². The summed E-state index contributed by atoms with van der Waals surface area (Å²) in [6.07, 6.45) is 4.20. The molecule has 0 heterocycles. The fraction of sp³-hybridized carbons (Fsp3) is 0.650. The van der Waals surface area contributed by atoms with Gasteiger partial charge in [-0.1, -0.05) is 30.3 Å². The van der Waals surface area contributed by atoms with Crippen LogP contribution in [0, 0.1) is 5.41 Å². The van der Waals surface area contributed by atoms with Crippen molar-refractivity contribution in [3.05, 3.63) is 35.9 Å². The van der Waals surface area contributed by atoms with Crippen molar-refractivity contribution >= 4 is 6.09 Å². The molecule has 2 N–H and O–H groups in total. The summed E-state index contributed by atoms with van der Waals surface area (Å²) in [5, 5.41) is 0. The maximum Gasteiger partial charge on any atom is 0.410 e. The van der Waals surface area contributed by atoms with Crippen molar-refractivity contribution in [1.29, 1.82) is 0 Å². The van der Waals surface area contributed by atoms with Crippen LogP contribution in [0.3, 0.4) is 0 Å². The summed E-state index contributed by atoms with van der Waals surface area (Å²) in [4.78, 5) is 14.8. The zero-order valence-electron chi connectivity index (χ0n) is 15.1. The first kappa shape index (κ1) is 17.3. The van der Waals surface area contributed by atoms with Gasteiger partial charge in [0.25, 0.3) is 0 Å². The topological polar surface area (TPSA) is 55.6 Å². The summed E-state index contributed by atoms with van der Waals surface area (Å²) in [6.45, 7) is 7.26. The van der Waals surface area contributed by atoms with Crippen molar-refractivity contribution in [1.82, 2.24) is 4.90 Å². The van der Waals surface area contributed by atoms with E-state index in [-0.39, 0.29) is 17.6 Å². The number of ether oxygens (including phenoxy) is 1. The number of amides is 1. The third-order valence-corrected chi connectivity index (χ3v) is 5.15. The van der Waals surface area contributed by atoms with Crippen molar-refractivity contribution in [2.45, 2.75) is 64.0 Å². The Kier molecular flexibility index (Phi) is 4.60. The summed E-state index contributed by atoms with van der Waals surface area (Å²) in [7, 11) is 0. The molecular weight excluding hydrogens is 300 g/mol. The number of hydrogen-bond acceptors (Lipinski definition) is 3. The van der Waals surface area contributed by atoms with Gasteiger partial charge < -0.3 is 15.4 Å². The second-order valence-corrected chi connectivity index (χ2v) is 8.47. The van der Waals surface area contributed by atoms with Gasteiger partial charge in [0.2, 0.25) is 0 Å². The predicted molar refractivity (Wildman–Crippen MR) is 95.9 cm³/mol. The van der Waals surface area contributed by atoms with Crippen LogP contribution in [0.15, 0.2) is 30.3 Å². The minimum atomic E-state index is -0.461. The molecular formula is C20H30N2O2. The average molecular weight is 330 g/mol. The van der Waals surface area contributed by atoms with E-state index in [2.05, 4.69) is 24.3 Å². The molecule has 1 amide bonds. The predicted octanol–water partition coefficient (Wildman–Crippen LogP) is 3.91. The number of nitrogens with two attached hydrogens (primary N) is 1. The lowest BCUT2D eigenvalue weighted by Crippen LogP contribution is -2.42. The minimum absolute atomic E-state index is 0.172. The second kappa shape index (κ2) is 6.40. The third-order valence-electron chi connectivity index (χ3n) is 5.15. The van der Waals surface area contributed by atoms with Crippen LogP contribution in [0.4, 0.5) is 4.79 Å². The largest absolute Gasteiger partial charge is 0.444 e. The smallest absolute Gasteiger partial charge is 0.410 e. The zero-order valence-corrected chi connectivity index (χ0v) is 15.1. The van der Waals surface area contributed by atoms with Crippen LogP contribution in [0.5, 0.6) is 0 Å². The van der Waals surface area contributed by atoms with Crippen molar-refractivity contribution in [2.75, 3.05) is 13.1 Å². The van der Waals surface area contributed by atoms with Gasteiger partial charge in [0.1, 0.15) is 5.60 Å². The molecule has 2 aliphatic rings. The molecule has 1 aromatic rings. The molecule has 3 rings (SSSR count). The Bertz CT molecular complexity index is 575. The average Bonchev–Trinajstić information content (AvgIpc) is 3.40. The standard InChI is InChI=1S/C20H30N2O2/c1-19(2,3)24-18(23)22(14-20(9-10-20)11-12-21)17-13-16(17)15-7-5-4-6-8-15/h4-8,16-17H,9-14,21H2,1-3H3/t16-,17+/m0/s1. The molecule has 1 aromatic carbocycles. The van der Waals surface area contributed by atoms with E-state index >= 15 is 0 Å². The molecule has 4 heteroatoms. The van der Waals surface area contributed by atoms with E-state index in [0.29, 0.717) is 12.5 Å². The van der Waals surface area contributed by atoms with E-state index < -0.39 is 5.60 Å². The monoisotopic (exact) mass is 330 g/mol. The molecule has 0 aliphatic heterocycles. The molecule has 132 valence electrons. The van der Waals surface area contributed by atoms with Gasteiger partial charge >= 0.3 is 6.09 Å². The Balaban J connectivity index is 1.72. The second-order valence-electron chi connectivity index (χ2n) is 8.47. The molecule has 2 fully saturated rings. The van der Waals surface area contributed by atoms with Crippen LogP contribution < -0.4 is 5.73 Å². The molecule has 0 aromatic heterocycles. The molecule has 0 spiro atoms. The lowest BCUT2D eigenvalue weighted by molar-refractivity contribution is 0.0185. The summed E-state index contributed by atoms with van der Waals surface area (Å²) < 4.78 is 5.69. The van der Waals surface area contributed by atoms with E-state index in [1.807, 2.05) is 31.7 Å². The lowest BCUT2D eigenvalue weighted by atomic mass is 10.0. The quantitative estimate of drug-likeness (QED) is 0.860. The van der Waals surface area contributed by atoms with E-state index in [9.17, 15) is 4.79 Å². The maximum absolute atomic E-state index is 12.8. The van der Waals surface area contributed by atoms with Gasteiger partial charge in [-0.15, -0.1) is 0 Å². The SMILES string of the molecule is CC(C)(C)OC(=O)N(CC1(CCN)CC1)[C@@H]1C[C@H]1c1ccccc1. The van der Waals surface area contributed by atoms with Gasteiger partial charge in [0, 0.05) is 18.5 Å². The van der Waals surface area contributed by atoms with Crippen molar-refractivity contribution in [3.8, 4) is 0 Å². The minimum Gasteiger partial charge on any atom is -0.444 e. The van der Waals surface area contributed by atoms with Crippen LogP contribution in [-0.4, -0.2) is 35.7 Å². The number of carbonyl (C=O) groups is 1. The highest BCUT2D eigenvalue weighted by atomic mass is 16.6. The highest BCUT2D eigenvalue weighted by Gasteiger charge is 2.51. The molecule has 2 aliphatic carbocycles. The Morgan fingerprint density at radius 3 is 2.50 bits per heavy atom. The fourth-order valence-electron chi connectivity index (χ4n) is 3.55. The highest BCUT2D eigenvalue weighted by Crippen LogP contribution is 2.52. The number of rotatable bonds is 6. The zero-order chi connectivity index (χ0) is 17.4. The lowest BCUT2D eigenvalue weighted by Gasteiger charge is -2.31. The Morgan fingerprint density at radius 2 is 1.96 bits per heavy atom. The molecule has 0 radical (unpaired) electrons. The molecule has 2 atom stereocenters. The summed E-state index contributed by atoms with van der Waals surface area (Å²) in [5.41, 5.74) is 6.87. The Morgan fingerprint density at radius 1 is 1.29 bits per heavy atom. The molecule has 4 nitrogen and oxygen atoms in total. The van der Waals surface area contributed by atoms with E-state index in [1.54, 1.807) is 0 Å². The first-order valence-electron chi connectivity index (χ1n) is 9.08. The van der Waals surface area contributed by atoms with Crippen LogP contribution in [0.2, 0.25) is 0 Å². The van der Waals surface area contributed by atoms with E-state index in [1.165, 1.54) is 18.4 Å². The Labute approximate surface area is 145 Å². The van der Waals surface area contributed by atoms with Gasteiger partial charge in [0.05, 0.1) is 0 Å². The normalized spacial score (nSPS) is 24.3. The molecule has 0 saturated heterocycles. The van der Waals surface area contributed by atoms with Crippen molar-refractivity contribution in [3.63, 3.8) is 0 Å². The molecule has 24 heavy (non-hydrogen) atoms. The van der Waals surface area contributed by atoms with Crippen LogP contribution >= 0.6 is 0 Å². The van der Waals surface area contributed by atoms with Gasteiger partial charge in [-0.05, 0) is 64.0 Å². The number of nitrogens with zero attached hydrogens (tertiary/aromatic N) is 1. The number of benzene rings is 1. The van der Waals surface area contributed by atoms with Gasteiger partial charge in [-0.25, -0.2) is 4.79 Å². The highest BCUT2D eigenvalue weighted by molar-refractivity contribution is 5.69. The molecule has 2 saturated carbocycles. The summed E-state index contributed by atoms with van der Waals surface area (Å²) >= 11 is 0. The third kappa shape index (κ3) is 4.10. The van der Waals surface area contributed by atoms with Crippen molar-refractivity contribution in [2.24, 2.45) is 11.1 Å².